The maximum absolute atomic E-state index is 10.2. The minimum atomic E-state index is -1.14. The summed E-state index contributed by atoms with van der Waals surface area (Å²) in [6, 6.07) is 7.92. The smallest absolute Gasteiger partial charge is 0.157 e. The van der Waals surface area contributed by atoms with Crippen molar-refractivity contribution in [3.63, 3.8) is 0 Å². The lowest BCUT2D eigenvalue weighted by molar-refractivity contribution is 0.242. The highest BCUT2D eigenvalue weighted by Crippen LogP contribution is 2.30. The van der Waals surface area contributed by atoms with Gasteiger partial charge in [0, 0.05) is 11.4 Å². The molecule has 0 saturated heterocycles. The Balaban J connectivity index is 1.68. The SMILES string of the molecule is N=C(CCCCCCC(=N)[C@H](O)c1ccc(O)c(O)c1)[C@H](O)c1ccc(O)c(O)c1. The van der Waals surface area contributed by atoms with Crippen molar-refractivity contribution < 1.29 is 30.6 Å². The average Bonchev–Trinajstić information content (AvgIpc) is 2.73. The van der Waals surface area contributed by atoms with Crippen LogP contribution in [0.3, 0.4) is 0 Å². The fourth-order valence-electron chi connectivity index (χ4n) is 3.08. The monoisotopic (exact) mass is 416 g/mol. The third kappa shape index (κ3) is 6.20. The highest BCUT2D eigenvalue weighted by Gasteiger charge is 2.16. The van der Waals surface area contributed by atoms with Crippen molar-refractivity contribution >= 4 is 11.4 Å². The van der Waals surface area contributed by atoms with E-state index in [9.17, 15) is 30.6 Å². The minimum absolute atomic E-state index is 0.121. The van der Waals surface area contributed by atoms with Gasteiger partial charge in [0.25, 0.3) is 0 Å². The molecular weight excluding hydrogens is 388 g/mol. The first-order valence-electron chi connectivity index (χ1n) is 9.75. The molecule has 2 atom stereocenters. The Morgan fingerprint density at radius 3 is 1.30 bits per heavy atom. The number of nitrogens with one attached hydrogen (secondary N) is 2. The van der Waals surface area contributed by atoms with Crippen LogP contribution in [-0.2, 0) is 0 Å². The van der Waals surface area contributed by atoms with Crippen LogP contribution in [0, 0.1) is 10.8 Å². The van der Waals surface area contributed by atoms with Gasteiger partial charge in [-0.3, -0.25) is 0 Å². The second-order valence-electron chi connectivity index (χ2n) is 7.27. The van der Waals surface area contributed by atoms with E-state index in [1.54, 1.807) is 0 Å². The third-order valence-corrected chi connectivity index (χ3v) is 4.93. The van der Waals surface area contributed by atoms with Gasteiger partial charge in [-0.1, -0.05) is 25.0 Å². The van der Waals surface area contributed by atoms with Gasteiger partial charge in [0.05, 0.1) is 0 Å². The molecule has 0 radical (unpaired) electrons. The predicted molar refractivity (Wildman–Crippen MR) is 113 cm³/mol. The zero-order chi connectivity index (χ0) is 22.3. The quantitative estimate of drug-likeness (QED) is 0.158. The molecule has 0 unspecified atom stereocenters. The van der Waals surface area contributed by atoms with Crippen molar-refractivity contribution in [2.24, 2.45) is 0 Å². The summed E-state index contributed by atoms with van der Waals surface area (Å²) in [5, 5.41) is 74.0. The summed E-state index contributed by atoms with van der Waals surface area (Å²) in [5.74, 6) is -1.25. The standard InChI is InChI=1S/C22H28N2O6/c23-15(21(29)13-7-9-17(25)19(27)11-13)5-3-1-2-4-6-16(24)22(30)14-8-10-18(26)20(28)12-14/h7-12,21-30H,1-6H2/t21-,22-/m1/s1. The number of unbranched alkanes of at least 4 members (excludes halogenated alkanes) is 3. The molecule has 0 aromatic heterocycles. The van der Waals surface area contributed by atoms with Crippen molar-refractivity contribution in [3.8, 4) is 23.0 Å². The highest BCUT2D eigenvalue weighted by molar-refractivity contribution is 5.87. The van der Waals surface area contributed by atoms with Crippen LogP contribution < -0.4 is 0 Å². The minimum Gasteiger partial charge on any atom is -0.504 e. The molecule has 30 heavy (non-hydrogen) atoms. The Kier molecular flexibility index (Phi) is 8.20. The molecule has 0 aliphatic carbocycles. The zero-order valence-electron chi connectivity index (χ0n) is 16.5. The summed E-state index contributed by atoms with van der Waals surface area (Å²) in [7, 11) is 0. The fraction of sp³-hybridized carbons (Fsp3) is 0.364. The number of phenols is 4. The fourth-order valence-corrected chi connectivity index (χ4v) is 3.08. The first-order chi connectivity index (χ1) is 14.2. The van der Waals surface area contributed by atoms with Crippen LogP contribution in [0.25, 0.3) is 0 Å². The van der Waals surface area contributed by atoms with Crippen LogP contribution in [-0.4, -0.2) is 42.1 Å². The number of hydrogen-bond donors (Lipinski definition) is 8. The van der Waals surface area contributed by atoms with E-state index in [0.29, 0.717) is 36.8 Å². The van der Waals surface area contributed by atoms with Gasteiger partial charge in [-0.25, -0.2) is 0 Å². The normalized spacial score (nSPS) is 13.0. The first-order valence-corrected chi connectivity index (χ1v) is 9.75. The summed E-state index contributed by atoms with van der Waals surface area (Å²) in [5.41, 5.74) is 0.932. The molecule has 0 aliphatic rings. The lowest BCUT2D eigenvalue weighted by Gasteiger charge is -2.14. The van der Waals surface area contributed by atoms with E-state index < -0.39 is 12.2 Å². The van der Waals surface area contributed by atoms with Crippen LogP contribution in [0.5, 0.6) is 23.0 Å². The van der Waals surface area contributed by atoms with E-state index in [4.69, 9.17) is 10.8 Å². The lowest BCUT2D eigenvalue weighted by Crippen LogP contribution is -2.11. The first kappa shape index (κ1) is 23.2. The Bertz CT molecular complexity index is 826. The number of benzene rings is 2. The number of aromatic hydroxyl groups is 4. The van der Waals surface area contributed by atoms with Gasteiger partial charge < -0.3 is 41.5 Å². The van der Waals surface area contributed by atoms with Gasteiger partial charge in [0.1, 0.15) is 12.2 Å². The van der Waals surface area contributed by atoms with Gasteiger partial charge in [-0.05, 0) is 61.1 Å². The molecule has 0 saturated carbocycles. The molecule has 8 nitrogen and oxygen atoms in total. The molecule has 0 aliphatic heterocycles. The van der Waals surface area contributed by atoms with Crippen LogP contribution >= 0.6 is 0 Å². The van der Waals surface area contributed by atoms with Gasteiger partial charge >= 0.3 is 0 Å². The van der Waals surface area contributed by atoms with E-state index in [-0.39, 0.29) is 34.4 Å². The topological polar surface area (TPSA) is 169 Å². The van der Waals surface area contributed by atoms with Gasteiger partial charge in [-0.15, -0.1) is 0 Å². The van der Waals surface area contributed by atoms with E-state index in [1.807, 2.05) is 0 Å². The van der Waals surface area contributed by atoms with E-state index in [0.717, 1.165) is 12.8 Å². The molecule has 0 heterocycles. The summed E-state index contributed by atoms with van der Waals surface area (Å²) >= 11 is 0. The maximum atomic E-state index is 10.2. The molecule has 8 N–H and O–H groups in total. The number of aliphatic hydroxyl groups excluding tert-OH is 2. The van der Waals surface area contributed by atoms with Gasteiger partial charge in [-0.2, -0.15) is 0 Å². The van der Waals surface area contributed by atoms with Gasteiger partial charge in [0.2, 0.25) is 0 Å². The Morgan fingerprint density at radius 1 is 0.600 bits per heavy atom. The molecule has 0 amide bonds. The molecule has 0 bridgehead atoms. The average molecular weight is 416 g/mol. The summed E-state index contributed by atoms with van der Waals surface area (Å²) in [6.45, 7) is 0. The predicted octanol–water partition coefficient (Wildman–Crippen LogP) is 3.66. The summed E-state index contributed by atoms with van der Waals surface area (Å²) < 4.78 is 0. The van der Waals surface area contributed by atoms with Crippen LogP contribution in [0.2, 0.25) is 0 Å². The van der Waals surface area contributed by atoms with E-state index in [1.165, 1.54) is 36.4 Å². The van der Waals surface area contributed by atoms with Crippen molar-refractivity contribution in [1.29, 1.82) is 10.8 Å². The summed E-state index contributed by atoms with van der Waals surface area (Å²) in [6.07, 6.45) is 1.44. The molecule has 2 rings (SSSR count). The van der Waals surface area contributed by atoms with Crippen LogP contribution in [0.4, 0.5) is 0 Å². The molecule has 2 aromatic rings. The van der Waals surface area contributed by atoms with Crippen LogP contribution in [0.1, 0.15) is 61.9 Å². The van der Waals surface area contributed by atoms with E-state index in [2.05, 4.69) is 0 Å². The number of hydrogen-bond acceptors (Lipinski definition) is 8. The van der Waals surface area contributed by atoms with Crippen molar-refractivity contribution in [2.45, 2.75) is 50.7 Å². The summed E-state index contributed by atoms with van der Waals surface area (Å²) in [4.78, 5) is 0. The Hall–Kier alpha value is -3.10. The number of phenolic OH excluding ortho intramolecular Hbond substituents is 4. The second-order valence-corrected chi connectivity index (χ2v) is 7.27. The molecule has 0 spiro atoms. The molecular formula is C22H28N2O6. The Morgan fingerprint density at radius 2 is 0.967 bits per heavy atom. The highest BCUT2D eigenvalue weighted by atomic mass is 16.3. The third-order valence-electron chi connectivity index (χ3n) is 4.93. The molecule has 8 heteroatoms. The zero-order valence-corrected chi connectivity index (χ0v) is 16.5. The number of rotatable bonds is 11. The van der Waals surface area contributed by atoms with Crippen molar-refractivity contribution in [2.75, 3.05) is 0 Å². The second kappa shape index (κ2) is 10.6. The van der Waals surface area contributed by atoms with Crippen molar-refractivity contribution in [3.05, 3.63) is 47.5 Å². The largest absolute Gasteiger partial charge is 0.504 e. The van der Waals surface area contributed by atoms with Crippen LogP contribution in [0.15, 0.2) is 36.4 Å². The molecule has 2 aromatic carbocycles. The lowest BCUT2D eigenvalue weighted by atomic mass is 9.98. The maximum Gasteiger partial charge on any atom is 0.157 e. The number of aliphatic hydroxyl groups is 2. The molecule has 162 valence electrons. The molecule has 0 fully saturated rings. The van der Waals surface area contributed by atoms with Gasteiger partial charge in [0.15, 0.2) is 23.0 Å². The van der Waals surface area contributed by atoms with E-state index >= 15 is 0 Å². The van der Waals surface area contributed by atoms with Crippen molar-refractivity contribution in [1.82, 2.24) is 0 Å². The Labute approximate surface area is 174 Å².